The topological polar surface area (TPSA) is 12.0 Å². The van der Waals surface area contributed by atoms with Gasteiger partial charge in [-0.1, -0.05) is 11.6 Å². The van der Waals surface area contributed by atoms with E-state index in [0.717, 1.165) is 41.2 Å². The lowest BCUT2D eigenvalue weighted by molar-refractivity contribution is 0.633. The van der Waals surface area contributed by atoms with Crippen LogP contribution in [0.5, 0.6) is 0 Å². The zero-order chi connectivity index (χ0) is 11.1. The highest BCUT2D eigenvalue weighted by Gasteiger charge is 2.03. The molecular formula is C11H13BrClNS. The van der Waals surface area contributed by atoms with Crippen LogP contribution < -0.4 is 5.32 Å². The summed E-state index contributed by atoms with van der Waals surface area (Å²) in [6.07, 6.45) is 8.26. The Morgan fingerprint density at radius 2 is 2.33 bits per heavy atom. The number of thiophene rings is 1. The van der Waals surface area contributed by atoms with E-state index >= 15 is 0 Å². The molecule has 0 spiro atoms. The fraction of sp³-hybridized carbons (Fsp3) is 0.455. The van der Waals surface area contributed by atoms with Crippen molar-refractivity contribution in [3.63, 3.8) is 0 Å². The zero-order valence-corrected chi connectivity index (χ0v) is 11.5. The van der Waals surface area contributed by atoms with Gasteiger partial charge >= 0.3 is 0 Å². The summed E-state index contributed by atoms with van der Waals surface area (Å²) in [6, 6.07) is 2.06. The number of hydrogen-bond acceptors (Lipinski definition) is 2. The van der Waals surface area contributed by atoms with Crippen molar-refractivity contribution in [2.75, 3.05) is 6.54 Å². The first-order valence-corrected chi connectivity index (χ1v) is 6.80. The molecule has 0 saturated heterocycles. The Hall–Kier alpha value is -0.0100. The molecule has 0 unspecified atom stereocenters. The van der Waals surface area contributed by atoms with Crippen LogP contribution in [0.3, 0.4) is 0 Å². The van der Waals surface area contributed by atoms with Crippen LogP contribution in [0.1, 0.15) is 24.1 Å². The van der Waals surface area contributed by atoms with Crippen LogP contribution >= 0.6 is 38.9 Å². The van der Waals surface area contributed by atoms with Crippen LogP contribution in [0.4, 0.5) is 0 Å². The summed E-state index contributed by atoms with van der Waals surface area (Å²) >= 11 is 10.9. The Morgan fingerprint density at radius 1 is 1.53 bits per heavy atom. The summed E-state index contributed by atoms with van der Waals surface area (Å²) in [5, 5.41) is 3.36. The van der Waals surface area contributed by atoms with Gasteiger partial charge in [-0.15, -0.1) is 23.7 Å². The number of terminal acetylenes is 1. The molecule has 0 aliphatic rings. The average molecular weight is 307 g/mol. The van der Waals surface area contributed by atoms with Crippen molar-refractivity contribution < 1.29 is 0 Å². The molecule has 4 heteroatoms. The number of rotatable bonds is 6. The molecule has 1 N–H and O–H groups in total. The van der Waals surface area contributed by atoms with Crippen molar-refractivity contribution in [3.8, 4) is 12.3 Å². The Morgan fingerprint density at radius 3 is 2.93 bits per heavy atom. The Kier molecular flexibility index (Phi) is 6.35. The Labute approximate surface area is 108 Å². The predicted molar refractivity (Wildman–Crippen MR) is 71.4 cm³/mol. The molecule has 0 aromatic carbocycles. The standard InChI is InChI=1S/C11H13BrClNS/c1-2-3-4-5-6-14-8-9-7-10(12)11(13)15-9/h1,7,14H,3-6,8H2. The van der Waals surface area contributed by atoms with Crippen molar-refractivity contribution in [1.29, 1.82) is 0 Å². The minimum atomic E-state index is 0.819. The summed E-state index contributed by atoms with van der Waals surface area (Å²) in [4.78, 5) is 1.25. The Bertz CT molecular complexity index is 323. The number of nitrogens with one attached hydrogen (secondary N) is 1. The second-order valence-electron chi connectivity index (χ2n) is 3.17. The van der Waals surface area contributed by atoms with E-state index in [2.05, 4.69) is 33.2 Å². The second kappa shape index (κ2) is 7.29. The fourth-order valence-corrected chi connectivity index (χ4v) is 2.93. The summed E-state index contributed by atoms with van der Waals surface area (Å²) in [7, 11) is 0. The molecule has 0 fully saturated rings. The highest BCUT2D eigenvalue weighted by atomic mass is 79.9. The van der Waals surface area contributed by atoms with Crippen LogP contribution in [0, 0.1) is 12.3 Å². The van der Waals surface area contributed by atoms with E-state index in [0.29, 0.717) is 0 Å². The van der Waals surface area contributed by atoms with Gasteiger partial charge in [0.1, 0.15) is 4.34 Å². The first kappa shape index (κ1) is 13.1. The van der Waals surface area contributed by atoms with Gasteiger partial charge in [-0.2, -0.15) is 0 Å². The molecule has 0 aliphatic carbocycles. The molecule has 1 rings (SSSR count). The van der Waals surface area contributed by atoms with Gasteiger partial charge in [0, 0.05) is 22.3 Å². The summed E-state index contributed by atoms with van der Waals surface area (Å²) in [5.41, 5.74) is 0. The van der Waals surface area contributed by atoms with E-state index in [1.54, 1.807) is 11.3 Å². The second-order valence-corrected chi connectivity index (χ2v) is 5.77. The molecule has 1 aromatic rings. The first-order valence-electron chi connectivity index (χ1n) is 4.82. The maximum Gasteiger partial charge on any atom is 0.107 e. The molecule has 0 amide bonds. The van der Waals surface area contributed by atoms with E-state index in [4.69, 9.17) is 18.0 Å². The minimum absolute atomic E-state index is 0.819. The average Bonchev–Trinajstić information content (AvgIpc) is 2.52. The quantitative estimate of drug-likeness (QED) is 0.617. The number of halogens is 2. The third kappa shape index (κ3) is 5.03. The van der Waals surface area contributed by atoms with E-state index in [9.17, 15) is 0 Å². The highest BCUT2D eigenvalue weighted by Crippen LogP contribution is 2.31. The van der Waals surface area contributed by atoms with Gasteiger partial charge in [0.25, 0.3) is 0 Å². The molecule has 0 radical (unpaired) electrons. The molecule has 0 bridgehead atoms. The monoisotopic (exact) mass is 305 g/mol. The Balaban J connectivity index is 2.13. The van der Waals surface area contributed by atoms with E-state index in [1.807, 2.05) is 0 Å². The van der Waals surface area contributed by atoms with Crippen molar-refractivity contribution in [2.45, 2.75) is 25.8 Å². The van der Waals surface area contributed by atoms with Gasteiger partial charge in [0.05, 0.1) is 0 Å². The van der Waals surface area contributed by atoms with E-state index < -0.39 is 0 Å². The van der Waals surface area contributed by atoms with Crippen LogP contribution in [0.2, 0.25) is 4.34 Å². The SMILES string of the molecule is C#CCCCCNCc1cc(Br)c(Cl)s1. The van der Waals surface area contributed by atoms with Crippen molar-refractivity contribution in [3.05, 3.63) is 19.8 Å². The minimum Gasteiger partial charge on any atom is -0.312 e. The normalized spacial score (nSPS) is 10.2. The molecule has 1 heterocycles. The van der Waals surface area contributed by atoms with Gasteiger partial charge in [0.2, 0.25) is 0 Å². The van der Waals surface area contributed by atoms with Crippen molar-refractivity contribution in [1.82, 2.24) is 5.32 Å². The highest BCUT2D eigenvalue weighted by molar-refractivity contribution is 9.10. The van der Waals surface area contributed by atoms with Crippen LogP contribution in [-0.2, 0) is 6.54 Å². The van der Waals surface area contributed by atoms with Gasteiger partial charge in [-0.05, 0) is 41.4 Å². The van der Waals surface area contributed by atoms with Crippen LogP contribution in [0.15, 0.2) is 10.5 Å². The van der Waals surface area contributed by atoms with Crippen LogP contribution in [0.25, 0.3) is 0 Å². The lowest BCUT2D eigenvalue weighted by Gasteiger charge is -2.00. The third-order valence-electron chi connectivity index (χ3n) is 1.92. The van der Waals surface area contributed by atoms with Crippen molar-refractivity contribution in [2.24, 2.45) is 0 Å². The van der Waals surface area contributed by atoms with E-state index in [1.165, 1.54) is 4.88 Å². The smallest absolute Gasteiger partial charge is 0.107 e. The van der Waals surface area contributed by atoms with Crippen molar-refractivity contribution >= 4 is 38.9 Å². The summed E-state index contributed by atoms with van der Waals surface area (Å²) in [6.45, 7) is 1.89. The fourth-order valence-electron chi connectivity index (χ4n) is 1.17. The maximum absolute atomic E-state index is 5.93. The molecule has 82 valence electrons. The largest absolute Gasteiger partial charge is 0.312 e. The molecule has 1 nitrogen and oxygen atoms in total. The molecule has 0 saturated carbocycles. The zero-order valence-electron chi connectivity index (χ0n) is 8.35. The summed E-state index contributed by atoms with van der Waals surface area (Å²) < 4.78 is 1.80. The van der Waals surface area contributed by atoms with Gasteiger partial charge < -0.3 is 5.32 Å². The maximum atomic E-state index is 5.93. The van der Waals surface area contributed by atoms with E-state index in [-0.39, 0.29) is 0 Å². The molecule has 0 aliphatic heterocycles. The molecule has 15 heavy (non-hydrogen) atoms. The number of unbranched alkanes of at least 4 members (excludes halogenated alkanes) is 2. The molecule has 0 atom stereocenters. The van der Waals surface area contributed by atoms with Gasteiger partial charge in [-0.3, -0.25) is 0 Å². The number of hydrogen-bond donors (Lipinski definition) is 1. The third-order valence-corrected chi connectivity index (χ3v) is 4.39. The predicted octanol–water partition coefficient (Wildman–Crippen LogP) is 4.06. The summed E-state index contributed by atoms with van der Waals surface area (Å²) in [5.74, 6) is 2.64. The first-order chi connectivity index (χ1) is 7.24. The molecular weight excluding hydrogens is 294 g/mol. The van der Waals surface area contributed by atoms with Gasteiger partial charge in [0.15, 0.2) is 0 Å². The van der Waals surface area contributed by atoms with Crippen LogP contribution in [-0.4, -0.2) is 6.54 Å². The van der Waals surface area contributed by atoms with Gasteiger partial charge in [-0.25, -0.2) is 0 Å². The lowest BCUT2D eigenvalue weighted by Crippen LogP contribution is -2.13. The molecule has 1 aromatic heterocycles. The lowest BCUT2D eigenvalue weighted by atomic mass is 10.2.